The molecule has 5 aliphatic carbocycles. The van der Waals surface area contributed by atoms with Gasteiger partial charge in [-0.2, -0.15) is 10.2 Å². The largest absolute Gasteiger partial charge is 0.396 e. The van der Waals surface area contributed by atoms with Gasteiger partial charge in [0.2, 0.25) is 0 Å². The summed E-state index contributed by atoms with van der Waals surface area (Å²) in [5.41, 5.74) is 1.30. The zero-order valence-electron chi connectivity index (χ0n) is 22.2. The van der Waals surface area contributed by atoms with Crippen molar-refractivity contribution < 1.29 is 5.11 Å². The molecule has 0 heterocycles. The number of nitriles is 1. The molecule has 4 nitrogen and oxygen atoms in total. The molecule has 0 aromatic carbocycles. The molecule has 188 valence electrons. The first-order valence-electron chi connectivity index (χ1n) is 14.0. The summed E-state index contributed by atoms with van der Waals surface area (Å²) in [5, 5.41) is 24.4. The molecule has 0 amide bonds. The van der Waals surface area contributed by atoms with Crippen LogP contribution in [0, 0.1) is 72.9 Å². The van der Waals surface area contributed by atoms with Crippen LogP contribution in [0.4, 0.5) is 0 Å². The Kier molecular flexibility index (Phi) is 5.50. The molecule has 5 aliphatic rings. The second kappa shape index (κ2) is 7.64. The van der Waals surface area contributed by atoms with E-state index in [1.807, 2.05) is 0 Å². The number of allylic oxidation sites excluding steroid dienone is 1. The van der Waals surface area contributed by atoms with Gasteiger partial charge < -0.3 is 5.11 Å². The van der Waals surface area contributed by atoms with Crippen LogP contribution in [0.3, 0.4) is 0 Å². The smallest absolute Gasteiger partial charge is 0.0998 e. The minimum absolute atomic E-state index is 0.0556. The lowest BCUT2D eigenvalue weighted by atomic mass is 9.32. The van der Waals surface area contributed by atoms with E-state index in [1.54, 1.807) is 0 Å². The third-order valence-corrected chi connectivity index (χ3v) is 13.5. The topological polar surface area (TPSA) is 73.5 Å². The van der Waals surface area contributed by atoms with Gasteiger partial charge in [0.25, 0.3) is 0 Å². The maximum absolute atomic E-state index is 11.8. The van der Waals surface area contributed by atoms with Gasteiger partial charge in [0.05, 0.1) is 24.1 Å². The zero-order chi connectivity index (χ0) is 24.7. The number of aliphatic hydroxyl groups excluding tert-OH is 1. The van der Waals surface area contributed by atoms with Crippen molar-refractivity contribution in [1.29, 1.82) is 5.26 Å². The quantitative estimate of drug-likeness (QED) is 0.351. The van der Waals surface area contributed by atoms with Crippen LogP contribution in [0.1, 0.15) is 98.8 Å². The number of nitrogens with zero attached hydrogens (tertiary/aromatic N) is 2. The fourth-order valence-corrected chi connectivity index (χ4v) is 11.5. The fourth-order valence-electron chi connectivity index (χ4n) is 11.5. The Morgan fingerprint density at radius 3 is 2.32 bits per heavy atom. The predicted molar refractivity (Wildman–Crippen MR) is 136 cm³/mol. The SMILES string of the molecule is C=C(C)[C@@H]1CC[C@]2(C#N)CC[C@]3(C)[C@H](CC[C@@H]4[C@@]5(C)CCC(N=O)C(C)(CO)[C@@H]5CC[C@]43C)[C@@H]12. The first-order valence-corrected chi connectivity index (χ1v) is 14.0. The van der Waals surface area contributed by atoms with Gasteiger partial charge in [0.15, 0.2) is 0 Å². The van der Waals surface area contributed by atoms with Crippen molar-refractivity contribution in [1.82, 2.24) is 0 Å². The van der Waals surface area contributed by atoms with Gasteiger partial charge >= 0.3 is 0 Å². The van der Waals surface area contributed by atoms with Gasteiger partial charge in [-0.3, -0.25) is 0 Å². The van der Waals surface area contributed by atoms with Crippen molar-refractivity contribution in [2.24, 2.45) is 61.8 Å². The summed E-state index contributed by atoms with van der Waals surface area (Å²) in [6, 6.07) is 2.60. The van der Waals surface area contributed by atoms with E-state index in [4.69, 9.17) is 0 Å². The Balaban J connectivity index is 1.55. The van der Waals surface area contributed by atoms with Gasteiger partial charge in [-0.15, -0.1) is 0 Å². The molecular weight excluding hydrogens is 420 g/mol. The molecule has 0 aromatic rings. The van der Waals surface area contributed by atoms with Gasteiger partial charge in [0, 0.05) is 5.41 Å². The van der Waals surface area contributed by atoms with Gasteiger partial charge in [-0.25, -0.2) is 0 Å². The fraction of sp³-hybridized carbons (Fsp3) is 0.900. The van der Waals surface area contributed by atoms with Crippen LogP contribution in [0.25, 0.3) is 0 Å². The molecule has 0 saturated heterocycles. The molecule has 5 fully saturated rings. The number of fused-ring (bicyclic) bond motifs is 7. The van der Waals surface area contributed by atoms with Crippen molar-refractivity contribution in [2.75, 3.05) is 6.61 Å². The number of hydrogen-bond acceptors (Lipinski definition) is 4. The Labute approximate surface area is 206 Å². The first kappa shape index (κ1) is 24.5. The minimum Gasteiger partial charge on any atom is -0.396 e. The average molecular weight is 467 g/mol. The van der Waals surface area contributed by atoms with Crippen LogP contribution in [0.15, 0.2) is 17.3 Å². The standard InChI is InChI=1S/C30H46N2O2/c1-19(2)20-9-14-30(17-31)16-15-28(5)21(25(20)30)7-8-23-26(3)12-11-24(32-34)27(4,18-33)22(26)10-13-29(23,28)6/h20-25,33H,1,7-16,18H2,2-6H3/t20-,21+,22+,23+,24?,25+,26-,27?,28+,29+,30+/m0/s1. The molecule has 2 unspecified atom stereocenters. The van der Waals surface area contributed by atoms with Crippen molar-refractivity contribution in [3.8, 4) is 6.07 Å². The maximum atomic E-state index is 11.8. The molecule has 4 heteroatoms. The normalized spacial score (nSPS) is 56.3. The molecule has 5 saturated carbocycles. The highest BCUT2D eigenvalue weighted by Crippen LogP contribution is 2.77. The van der Waals surface area contributed by atoms with Crippen molar-refractivity contribution in [3.63, 3.8) is 0 Å². The highest BCUT2D eigenvalue weighted by molar-refractivity contribution is 5.25. The Hall–Kier alpha value is -1.21. The lowest BCUT2D eigenvalue weighted by molar-refractivity contribution is -0.239. The predicted octanol–water partition coefficient (Wildman–Crippen LogP) is 7.27. The summed E-state index contributed by atoms with van der Waals surface area (Å²) in [4.78, 5) is 11.8. The number of aliphatic hydroxyl groups is 1. The Morgan fingerprint density at radius 1 is 0.971 bits per heavy atom. The van der Waals surface area contributed by atoms with Crippen molar-refractivity contribution in [3.05, 3.63) is 17.1 Å². The van der Waals surface area contributed by atoms with E-state index in [-0.39, 0.29) is 34.3 Å². The summed E-state index contributed by atoms with van der Waals surface area (Å²) < 4.78 is 0. The highest BCUT2D eigenvalue weighted by atomic mass is 16.3. The van der Waals surface area contributed by atoms with E-state index >= 15 is 0 Å². The summed E-state index contributed by atoms with van der Waals surface area (Å²) in [7, 11) is 0. The van der Waals surface area contributed by atoms with Crippen LogP contribution < -0.4 is 0 Å². The molecule has 34 heavy (non-hydrogen) atoms. The highest BCUT2D eigenvalue weighted by Gasteiger charge is 2.71. The van der Waals surface area contributed by atoms with E-state index < -0.39 is 5.41 Å². The Morgan fingerprint density at radius 2 is 1.71 bits per heavy atom. The molecule has 0 aliphatic heterocycles. The van der Waals surface area contributed by atoms with E-state index in [2.05, 4.69) is 52.4 Å². The number of hydrogen-bond donors (Lipinski definition) is 1. The molecule has 5 rings (SSSR count). The summed E-state index contributed by atoms with van der Waals surface area (Å²) in [6.07, 6.45) is 10.9. The summed E-state index contributed by atoms with van der Waals surface area (Å²) in [5.74, 6) is 2.47. The molecule has 0 spiro atoms. The molecule has 0 aromatic heterocycles. The molecular formula is C30H46N2O2. The third kappa shape index (κ3) is 2.74. The van der Waals surface area contributed by atoms with Crippen LogP contribution in [0.2, 0.25) is 0 Å². The summed E-state index contributed by atoms with van der Waals surface area (Å²) >= 11 is 0. The van der Waals surface area contributed by atoms with Crippen molar-refractivity contribution >= 4 is 0 Å². The third-order valence-electron chi connectivity index (χ3n) is 13.5. The lowest BCUT2D eigenvalue weighted by Gasteiger charge is -2.72. The van der Waals surface area contributed by atoms with E-state index in [0.717, 1.165) is 51.4 Å². The van der Waals surface area contributed by atoms with Crippen LogP contribution in [0.5, 0.6) is 0 Å². The maximum Gasteiger partial charge on any atom is 0.0998 e. The van der Waals surface area contributed by atoms with E-state index in [0.29, 0.717) is 29.6 Å². The monoisotopic (exact) mass is 466 g/mol. The van der Waals surface area contributed by atoms with Crippen LogP contribution in [-0.2, 0) is 0 Å². The lowest BCUT2D eigenvalue weighted by Crippen LogP contribution is -2.67. The Bertz CT molecular complexity index is 925. The van der Waals surface area contributed by atoms with Gasteiger partial charge in [0.1, 0.15) is 0 Å². The van der Waals surface area contributed by atoms with Crippen LogP contribution in [-0.4, -0.2) is 17.8 Å². The molecule has 11 atom stereocenters. The second-order valence-corrected chi connectivity index (χ2v) is 14.3. The van der Waals surface area contributed by atoms with E-state index in [1.165, 1.54) is 18.4 Å². The van der Waals surface area contributed by atoms with Gasteiger partial charge in [-0.1, -0.05) is 45.0 Å². The average Bonchev–Trinajstić information content (AvgIpc) is 3.20. The molecule has 0 radical (unpaired) electrons. The van der Waals surface area contributed by atoms with Gasteiger partial charge in [-0.05, 0) is 117 Å². The first-order chi connectivity index (χ1) is 16.0. The summed E-state index contributed by atoms with van der Waals surface area (Å²) in [6.45, 7) is 16.4. The van der Waals surface area contributed by atoms with Crippen molar-refractivity contribution in [2.45, 2.75) is 105 Å². The molecule has 1 N–H and O–H groups in total. The number of nitroso groups, excluding NO2 is 1. The van der Waals surface area contributed by atoms with E-state index in [9.17, 15) is 15.3 Å². The number of rotatable bonds is 3. The van der Waals surface area contributed by atoms with Crippen LogP contribution >= 0.6 is 0 Å². The zero-order valence-corrected chi connectivity index (χ0v) is 22.2. The molecule has 0 bridgehead atoms. The minimum atomic E-state index is -0.410. The second-order valence-electron chi connectivity index (χ2n) is 14.3.